The number of hydrogen-bond donors (Lipinski definition) is 0. The Morgan fingerprint density at radius 3 is 0.833 bits per heavy atom. The number of ether oxygens (including phenoxy) is 14. The second-order valence-corrected chi connectivity index (χ2v) is 12.6. The summed E-state index contributed by atoms with van der Waals surface area (Å²) in [6, 6.07) is 0. The number of carbonyl (C=O) groups excluding carboxylic acids is 1. The molecule has 21 heteroatoms. The zero-order valence-electron chi connectivity index (χ0n) is 34.5. The van der Waals surface area contributed by atoms with E-state index < -0.39 is 47.2 Å². The maximum atomic E-state index is 13.6. The maximum absolute atomic E-state index is 13.6. The van der Waals surface area contributed by atoms with Crippen LogP contribution in [-0.2, 0) is 66.4 Å². The summed E-state index contributed by atoms with van der Waals surface area (Å²) < 4.78 is 141. The third-order valence-electron chi connectivity index (χ3n) is 7.47. The topological polar surface area (TPSA) is 146 Å². The third kappa shape index (κ3) is 32.8. The van der Waals surface area contributed by atoms with Crippen molar-refractivity contribution in [3.63, 3.8) is 0 Å². The van der Waals surface area contributed by atoms with E-state index in [0.717, 1.165) is 38.2 Å². The number of carbonyl (C=O) groups is 1. The monoisotopic (exact) mass is 902 g/mol. The van der Waals surface area contributed by atoms with Gasteiger partial charge in [-0.3, -0.25) is 4.79 Å². The summed E-state index contributed by atoms with van der Waals surface area (Å²) in [5.41, 5.74) is 0. The number of benzene rings is 1. The molecule has 0 amide bonds. The zero-order chi connectivity index (χ0) is 43.6. The van der Waals surface area contributed by atoms with Crippen molar-refractivity contribution in [1.29, 1.82) is 0 Å². The van der Waals surface area contributed by atoms with Crippen molar-refractivity contribution in [2.24, 2.45) is 0 Å². The van der Waals surface area contributed by atoms with Gasteiger partial charge in [-0.1, -0.05) is 12.8 Å². The molecule has 352 valence electrons. The molecule has 0 saturated heterocycles. The molecule has 0 unspecified atom stereocenters. The summed E-state index contributed by atoms with van der Waals surface area (Å²) in [6.07, 6.45) is 3.94. The van der Waals surface area contributed by atoms with E-state index in [1.165, 1.54) is 0 Å². The Labute approximate surface area is 354 Å². The van der Waals surface area contributed by atoms with Crippen molar-refractivity contribution in [3.8, 4) is 5.75 Å². The molecule has 0 spiro atoms. The zero-order valence-corrected chi connectivity index (χ0v) is 35.3. The molecule has 0 radical (unpaired) electrons. The highest BCUT2D eigenvalue weighted by molar-refractivity contribution is 6.17. The molecule has 1 aromatic carbocycles. The van der Waals surface area contributed by atoms with E-state index in [9.17, 15) is 26.7 Å². The van der Waals surface area contributed by atoms with Crippen LogP contribution in [0, 0.1) is 29.1 Å². The number of esters is 1. The second-order valence-electron chi connectivity index (χ2n) is 12.2. The molecule has 0 atom stereocenters. The fourth-order valence-corrected chi connectivity index (χ4v) is 4.58. The highest BCUT2D eigenvalue weighted by Gasteiger charge is 2.28. The predicted molar refractivity (Wildman–Crippen MR) is 206 cm³/mol. The Bertz CT molecular complexity index is 1120. The summed E-state index contributed by atoms with van der Waals surface area (Å²) in [5.74, 6) is -13.4. The van der Waals surface area contributed by atoms with Crippen LogP contribution in [0.3, 0.4) is 0 Å². The van der Waals surface area contributed by atoms with Gasteiger partial charge in [-0.2, -0.15) is 8.78 Å². The minimum atomic E-state index is -2.35. The van der Waals surface area contributed by atoms with E-state index >= 15 is 0 Å². The van der Waals surface area contributed by atoms with Gasteiger partial charge in [-0.05, 0) is 12.8 Å². The third-order valence-corrected chi connectivity index (χ3v) is 7.74. The lowest BCUT2D eigenvalue weighted by Gasteiger charge is -2.09. The molecule has 0 aliphatic carbocycles. The van der Waals surface area contributed by atoms with Gasteiger partial charge in [-0.15, -0.1) is 11.6 Å². The van der Waals surface area contributed by atoms with E-state index in [-0.39, 0.29) is 26.4 Å². The molecule has 1 rings (SSSR count). The van der Waals surface area contributed by atoms with Gasteiger partial charge in [0.2, 0.25) is 34.8 Å². The molecule has 0 aliphatic heterocycles. The Hall–Kier alpha value is -1.89. The molecule has 15 nitrogen and oxygen atoms in total. The predicted octanol–water partition coefficient (Wildman–Crippen LogP) is 4.69. The van der Waals surface area contributed by atoms with Crippen molar-refractivity contribution in [2.45, 2.75) is 32.1 Å². The molecule has 60 heavy (non-hydrogen) atoms. The number of hydrogen-bond acceptors (Lipinski definition) is 15. The van der Waals surface area contributed by atoms with Gasteiger partial charge >= 0.3 is 5.97 Å². The fraction of sp³-hybridized carbons (Fsp3) is 0.821. The summed E-state index contributed by atoms with van der Waals surface area (Å²) in [7, 11) is 0. The van der Waals surface area contributed by atoms with Gasteiger partial charge in [-0.25, -0.2) is 13.2 Å². The maximum Gasteiger partial charge on any atom is 0.313 e. The van der Waals surface area contributed by atoms with Crippen molar-refractivity contribution >= 4 is 17.6 Å². The fourth-order valence-electron chi connectivity index (χ4n) is 4.39. The van der Waals surface area contributed by atoms with Crippen molar-refractivity contribution in [2.75, 3.05) is 178 Å². The second kappa shape index (κ2) is 42.4. The Morgan fingerprint density at radius 2 is 0.550 bits per heavy atom. The van der Waals surface area contributed by atoms with E-state index in [4.69, 9.17) is 73.2 Å². The molecule has 1 aromatic rings. The van der Waals surface area contributed by atoms with E-state index in [0.29, 0.717) is 139 Å². The van der Waals surface area contributed by atoms with Gasteiger partial charge in [0.25, 0.3) is 0 Å². The highest BCUT2D eigenvalue weighted by atomic mass is 35.5. The van der Waals surface area contributed by atoms with Crippen LogP contribution >= 0.6 is 11.6 Å². The first kappa shape index (κ1) is 56.1. The van der Waals surface area contributed by atoms with Gasteiger partial charge in [0, 0.05) is 12.5 Å². The first-order valence-corrected chi connectivity index (χ1v) is 20.7. The lowest BCUT2D eigenvalue weighted by Crippen LogP contribution is -2.16. The Kier molecular flexibility index (Phi) is 39.7. The SMILES string of the molecule is O=C(CCOCCOCCOCCOCCOCCOCCOCCOCCOCCOCCOCCOCCOCCCCCCCl)Oc1c(F)c(F)c(F)c(F)c1F. The molecule has 0 aliphatic rings. The molecular weight excluding hydrogens is 839 g/mol. The van der Waals surface area contributed by atoms with E-state index in [2.05, 4.69) is 4.74 Å². The van der Waals surface area contributed by atoms with Crippen LogP contribution in [0.15, 0.2) is 0 Å². The smallest absolute Gasteiger partial charge is 0.313 e. The van der Waals surface area contributed by atoms with Crippen LogP contribution in [0.2, 0.25) is 0 Å². The van der Waals surface area contributed by atoms with Crippen LogP contribution in [-0.4, -0.2) is 184 Å². The van der Waals surface area contributed by atoms with Crippen LogP contribution in [0.1, 0.15) is 32.1 Å². The van der Waals surface area contributed by atoms with Gasteiger partial charge in [0.15, 0.2) is 0 Å². The van der Waals surface area contributed by atoms with Crippen molar-refractivity contribution in [3.05, 3.63) is 29.1 Å². The molecule has 0 fully saturated rings. The van der Waals surface area contributed by atoms with Crippen LogP contribution in [0.4, 0.5) is 22.0 Å². The molecule has 0 aromatic heterocycles. The minimum absolute atomic E-state index is 0.0772. The van der Waals surface area contributed by atoms with E-state index in [1.807, 2.05) is 0 Å². The summed E-state index contributed by atoms with van der Waals surface area (Å²) in [4.78, 5) is 11.7. The highest BCUT2D eigenvalue weighted by Crippen LogP contribution is 2.29. The van der Waals surface area contributed by atoms with Crippen LogP contribution < -0.4 is 4.74 Å². The normalized spacial score (nSPS) is 11.6. The van der Waals surface area contributed by atoms with Crippen molar-refractivity contribution < 1.29 is 93.1 Å². The molecule has 0 saturated carbocycles. The molecule has 0 bridgehead atoms. The Balaban J connectivity index is 1.69. The quantitative estimate of drug-likeness (QED) is 0.0170. The molecular formula is C39H64ClF5O15. The average Bonchev–Trinajstić information content (AvgIpc) is 3.25. The lowest BCUT2D eigenvalue weighted by molar-refractivity contribution is -0.136. The summed E-state index contributed by atoms with van der Waals surface area (Å²) in [6.45, 7) is 10.7. The first-order chi connectivity index (χ1) is 29.4. The van der Waals surface area contributed by atoms with Crippen LogP contribution in [0.5, 0.6) is 5.75 Å². The van der Waals surface area contributed by atoms with Crippen LogP contribution in [0.25, 0.3) is 0 Å². The number of halogens is 6. The van der Waals surface area contributed by atoms with Gasteiger partial charge < -0.3 is 66.3 Å². The first-order valence-electron chi connectivity index (χ1n) is 20.2. The van der Waals surface area contributed by atoms with Gasteiger partial charge in [0.1, 0.15) is 0 Å². The number of unbranched alkanes of at least 4 members (excludes halogenated alkanes) is 3. The number of rotatable bonds is 46. The van der Waals surface area contributed by atoms with Gasteiger partial charge in [0.05, 0.1) is 172 Å². The summed E-state index contributed by atoms with van der Waals surface area (Å²) in [5, 5.41) is 0. The van der Waals surface area contributed by atoms with Crippen molar-refractivity contribution in [1.82, 2.24) is 0 Å². The standard InChI is InChI=1S/C39H64ClF5O15/c40-6-3-1-2-4-7-47-9-11-49-13-15-51-17-19-53-21-23-55-25-27-57-29-31-59-32-30-58-28-26-56-24-22-54-20-18-52-16-14-50-12-10-48-8-5-33(46)60-39-37(44)35(42)34(41)36(43)38(39)45/h1-32H2. The Morgan fingerprint density at radius 1 is 0.317 bits per heavy atom. The summed E-state index contributed by atoms with van der Waals surface area (Å²) >= 11 is 5.65. The van der Waals surface area contributed by atoms with E-state index in [1.54, 1.807) is 0 Å². The molecule has 0 heterocycles. The largest absolute Gasteiger partial charge is 0.420 e. The lowest BCUT2D eigenvalue weighted by atomic mass is 10.2. The average molecular weight is 903 g/mol. The minimum Gasteiger partial charge on any atom is -0.420 e. The number of alkyl halides is 1. The molecule has 0 N–H and O–H groups in total.